The Kier molecular flexibility index (Phi) is 10.4. The van der Waals surface area contributed by atoms with Gasteiger partial charge in [-0.3, -0.25) is 4.98 Å². The molecule has 0 fully saturated rings. The Morgan fingerprint density at radius 3 is 0.929 bits per heavy atom. The van der Waals surface area contributed by atoms with Gasteiger partial charge in [-0.2, -0.15) is 0 Å². The van der Waals surface area contributed by atoms with Crippen molar-refractivity contribution >= 4 is 46.3 Å². The maximum absolute atomic E-state index is 4.87. The highest BCUT2D eigenvalue weighted by molar-refractivity contribution is 5.80. The van der Waals surface area contributed by atoms with Crippen LogP contribution in [-0.2, 0) is 0 Å². The molecule has 0 saturated carbocycles. The average molecular weight is 724 g/mol. The lowest BCUT2D eigenvalue weighted by atomic mass is 10.0. The number of benzene rings is 7. The van der Waals surface area contributed by atoms with E-state index >= 15 is 0 Å². The first-order chi connectivity index (χ1) is 27.4. The van der Waals surface area contributed by atoms with Crippen molar-refractivity contribution in [1.29, 1.82) is 0 Å². The Morgan fingerprint density at radius 2 is 0.589 bits per heavy atom. The van der Waals surface area contributed by atoms with Crippen molar-refractivity contribution in [2.24, 2.45) is 0 Å². The van der Waals surface area contributed by atoms with Gasteiger partial charge >= 0.3 is 0 Å². The third kappa shape index (κ3) is 8.23. The molecule has 272 valence electrons. The predicted octanol–water partition coefficient (Wildman–Crippen LogP) is 14.8. The fourth-order valence-electron chi connectivity index (χ4n) is 6.90. The molecule has 8 rings (SSSR count). The van der Waals surface area contributed by atoms with Gasteiger partial charge in [0, 0.05) is 51.4 Å². The Hall–Kier alpha value is -6.97. The fourth-order valence-corrected chi connectivity index (χ4v) is 6.90. The Labute approximate surface area is 331 Å². The van der Waals surface area contributed by atoms with E-state index in [9.17, 15) is 0 Å². The van der Waals surface area contributed by atoms with Crippen LogP contribution in [0.2, 0.25) is 0 Å². The van der Waals surface area contributed by atoms with Crippen molar-refractivity contribution in [2.45, 2.75) is 27.7 Å². The molecule has 1 heterocycles. The maximum Gasteiger partial charge on any atom is 0.0702 e. The van der Waals surface area contributed by atoms with Gasteiger partial charge in [-0.1, -0.05) is 138 Å². The molecule has 0 radical (unpaired) electrons. The Bertz CT molecular complexity index is 2440. The van der Waals surface area contributed by atoms with Crippen molar-refractivity contribution in [2.75, 3.05) is 9.80 Å². The predicted molar refractivity (Wildman–Crippen MR) is 239 cm³/mol. The van der Waals surface area contributed by atoms with Crippen molar-refractivity contribution in [3.05, 3.63) is 222 Å². The van der Waals surface area contributed by atoms with Crippen molar-refractivity contribution in [3.63, 3.8) is 0 Å². The van der Waals surface area contributed by atoms with Crippen molar-refractivity contribution < 1.29 is 0 Å². The van der Waals surface area contributed by atoms with Crippen LogP contribution in [0.1, 0.15) is 33.4 Å². The third-order valence-electron chi connectivity index (χ3n) is 10.2. The second-order valence-corrected chi connectivity index (χ2v) is 14.5. The van der Waals surface area contributed by atoms with Crippen molar-refractivity contribution in [3.8, 4) is 22.4 Å². The third-order valence-corrected chi connectivity index (χ3v) is 10.2. The average Bonchev–Trinajstić information content (AvgIpc) is 3.24. The highest BCUT2D eigenvalue weighted by Gasteiger charge is 2.14. The molecule has 0 spiro atoms. The quantitative estimate of drug-likeness (QED) is 0.131. The number of anilines is 6. The van der Waals surface area contributed by atoms with Crippen LogP contribution in [0.15, 0.2) is 188 Å². The molecule has 0 aliphatic rings. The first-order valence-electron chi connectivity index (χ1n) is 19.2. The zero-order valence-corrected chi connectivity index (χ0v) is 32.4. The molecule has 7 aromatic carbocycles. The Balaban J connectivity index is 0.945. The number of pyridine rings is 1. The van der Waals surface area contributed by atoms with Gasteiger partial charge in [-0.25, -0.2) is 0 Å². The number of aromatic nitrogens is 1. The van der Waals surface area contributed by atoms with E-state index < -0.39 is 0 Å². The van der Waals surface area contributed by atoms with E-state index in [1.54, 1.807) is 0 Å². The molecule has 0 unspecified atom stereocenters. The number of nitrogens with zero attached hydrogens (tertiary/aromatic N) is 3. The molecule has 0 saturated heterocycles. The molecule has 0 aliphatic carbocycles. The second-order valence-electron chi connectivity index (χ2n) is 14.5. The molecule has 0 N–H and O–H groups in total. The number of rotatable bonds is 10. The van der Waals surface area contributed by atoms with Gasteiger partial charge in [0.05, 0.1) is 5.69 Å². The van der Waals surface area contributed by atoms with Crippen molar-refractivity contribution in [1.82, 2.24) is 4.98 Å². The Morgan fingerprint density at radius 1 is 0.304 bits per heavy atom. The van der Waals surface area contributed by atoms with Gasteiger partial charge in [0.2, 0.25) is 0 Å². The summed E-state index contributed by atoms with van der Waals surface area (Å²) in [7, 11) is 0. The molecule has 0 bridgehead atoms. The summed E-state index contributed by atoms with van der Waals surface area (Å²) in [6, 6.07) is 65.1. The van der Waals surface area contributed by atoms with E-state index in [0.29, 0.717) is 0 Å². The topological polar surface area (TPSA) is 19.4 Å². The lowest BCUT2D eigenvalue weighted by Crippen LogP contribution is -2.09. The lowest BCUT2D eigenvalue weighted by Gasteiger charge is -2.26. The summed E-state index contributed by atoms with van der Waals surface area (Å²) in [6.07, 6.45) is 6.31. The number of hydrogen-bond acceptors (Lipinski definition) is 3. The molecule has 0 amide bonds. The molecule has 3 nitrogen and oxygen atoms in total. The SMILES string of the molecule is Cc1ccc(N(c2ccc(C)cc2)c2ccc(C=Cc3ccc(-c4ccc(-c5ccc(N(c6ccc(C)cc6)c6ccc(C)cc6)cc5)nc4)cc3)cc2)cc1. The van der Waals surface area contributed by atoms with Gasteiger partial charge in [0.1, 0.15) is 0 Å². The number of aryl methyl sites for hydroxylation is 4. The first kappa shape index (κ1) is 36.0. The summed E-state index contributed by atoms with van der Waals surface area (Å²) in [5.41, 5.74) is 18.3. The van der Waals surface area contributed by atoms with Gasteiger partial charge in [-0.05, 0) is 123 Å². The van der Waals surface area contributed by atoms with Gasteiger partial charge < -0.3 is 9.80 Å². The zero-order valence-electron chi connectivity index (χ0n) is 32.4. The fraction of sp³-hybridized carbons (Fsp3) is 0.0755. The molecule has 0 aliphatic heterocycles. The smallest absolute Gasteiger partial charge is 0.0702 e. The molecule has 56 heavy (non-hydrogen) atoms. The van der Waals surface area contributed by atoms with Crippen LogP contribution in [0.4, 0.5) is 34.1 Å². The highest BCUT2D eigenvalue weighted by atomic mass is 15.1. The van der Waals surface area contributed by atoms with E-state index in [-0.39, 0.29) is 0 Å². The zero-order chi connectivity index (χ0) is 38.4. The minimum atomic E-state index is 0.948. The standard InChI is InChI=1S/C53H45N3/c1-38-5-24-47(25-6-38)55(48-26-7-39(2)8-27-48)51-32-17-43(18-33-51)14-13-42-15-19-44(20-16-42)46-23-36-53(54-37-46)45-21-34-52(35-22-45)56(49-28-9-40(3)10-29-49)50-30-11-41(4)12-31-50/h5-37H,1-4H3. The van der Waals surface area contributed by atoms with Crippen LogP contribution >= 0.6 is 0 Å². The van der Waals surface area contributed by atoms with E-state index in [0.717, 1.165) is 67.6 Å². The lowest BCUT2D eigenvalue weighted by molar-refractivity contribution is 1.26. The van der Waals surface area contributed by atoms with Gasteiger partial charge in [0.15, 0.2) is 0 Å². The second kappa shape index (κ2) is 16.2. The van der Waals surface area contributed by atoms with Crippen LogP contribution in [0, 0.1) is 27.7 Å². The summed E-state index contributed by atoms with van der Waals surface area (Å²) < 4.78 is 0. The van der Waals surface area contributed by atoms with E-state index in [1.165, 1.54) is 22.3 Å². The van der Waals surface area contributed by atoms with E-state index in [4.69, 9.17) is 4.98 Å². The van der Waals surface area contributed by atoms with Gasteiger partial charge in [0.25, 0.3) is 0 Å². The molecule has 8 aromatic rings. The minimum Gasteiger partial charge on any atom is -0.311 e. The molecular weight excluding hydrogens is 679 g/mol. The minimum absolute atomic E-state index is 0.948. The molecule has 1 aromatic heterocycles. The summed E-state index contributed by atoms with van der Waals surface area (Å²) in [5.74, 6) is 0. The van der Waals surface area contributed by atoms with E-state index in [2.05, 4.69) is 232 Å². The molecular formula is C53H45N3. The molecule has 3 heteroatoms. The summed E-state index contributed by atoms with van der Waals surface area (Å²) in [4.78, 5) is 9.46. The summed E-state index contributed by atoms with van der Waals surface area (Å²) in [6.45, 7) is 8.49. The summed E-state index contributed by atoms with van der Waals surface area (Å²) >= 11 is 0. The maximum atomic E-state index is 4.87. The van der Waals surface area contributed by atoms with Crippen LogP contribution in [0.3, 0.4) is 0 Å². The summed E-state index contributed by atoms with van der Waals surface area (Å²) in [5, 5.41) is 0. The largest absolute Gasteiger partial charge is 0.311 e. The van der Waals surface area contributed by atoms with Crippen LogP contribution in [0.25, 0.3) is 34.5 Å². The monoisotopic (exact) mass is 723 g/mol. The first-order valence-corrected chi connectivity index (χ1v) is 19.2. The van der Waals surface area contributed by atoms with Crippen LogP contribution in [-0.4, -0.2) is 4.98 Å². The normalized spacial score (nSPS) is 11.1. The molecule has 0 atom stereocenters. The van der Waals surface area contributed by atoms with Crippen LogP contribution < -0.4 is 9.80 Å². The van der Waals surface area contributed by atoms with Crippen LogP contribution in [0.5, 0.6) is 0 Å². The highest BCUT2D eigenvalue weighted by Crippen LogP contribution is 2.37. The van der Waals surface area contributed by atoms with E-state index in [1.807, 2.05) is 6.20 Å². The number of hydrogen-bond donors (Lipinski definition) is 0. The van der Waals surface area contributed by atoms with Gasteiger partial charge in [-0.15, -0.1) is 0 Å².